The summed E-state index contributed by atoms with van der Waals surface area (Å²) < 4.78 is 5.08. The third kappa shape index (κ3) is 3.81. The summed E-state index contributed by atoms with van der Waals surface area (Å²) in [6, 6.07) is 5.88. The zero-order valence-corrected chi connectivity index (χ0v) is 9.91. The fourth-order valence-electron chi connectivity index (χ4n) is 1.81. The number of rotatable bonds is 7. The van der Waals surface area contributed by atoms with Gasteiger partial charge in [-0.15, -0.1) is 0 Å². The van der Waals surface area contributed by atoms with Gasteiger partial charge in [-0.1, -0.05) is 18.9 Å². The molecule has 1 fully saturated rings. The normalized spacial score (nSPS) is 15.1. The summed E-state index contributed by atoms with van der Waals surface area (Å²) in [5, 5.41) is 3.42. The summed E-state index contributed by atoms with van der Waals surface area (Å²) >= 11 is 0. The van der Waals surface area contributed by atoms with Crippen molar-refractivity contribution in [3.8, 4) is 5.88 Å². The Bertz CT molecular complexity index is 323. The van der Waals surface area contributed by atoms with E-state index in [1.165, 1.54) is 25.7 Å². The van der Waals surface area contributed by atoms with Crippen molar-refractivity contribution in [3.63, 3.8) is 0 Å². The predicted octanol–water partition coefficient (Wildman–Crippen LogP) is 2.37. The lowest BCUT2D eigenvalue weighted by atomic mass is 10.2. The van der Waals surface area contributed by atoms with Gasteiger partial charge >= 0.3 is 0 Å². The van der Waals surface area contributed by atoms with Gasteiger partial charge in [0.15, 0.2) is 0 Å². The number of aromatic nitrogens is 1. The second kappa shape index (κ2) is 5.85. The van der Waals surface area contributed by atoms with Crippen molar-refractivity contribution < 1.29 is 4.74 Å². The van der Waals surface area contributed by atoms with Crippen molar-refractivity contribution >= 4 is 0 Å². The molecule has 16 heavy (non-hydrogen) atoms. The van der Waals surface area contributed by atoms with Crippen LogP contribution in [0.1, 0.15) is 31.4 Å². The fraction of sp³-hybridized carbons (Fsp3) is 0.615. The molecule has 1 heterocycles. The molecular weight excluding hydrogens is 200 g/mol. The molecule has 0 bridgehead atoms. The van der Waals surface area contributed by atoms with Crippen LogP contribution in [0.3, 0.4) is 0 Å². The first kappa shape index (κ1) is 11.4. The Morgan fingerprint density at radius 1 is 1.44 bits per heavy atom. The van der Waals surface area contributed by atoms with E-state index >= 15 is 0 Å². The number of ether oxygens (including phenoxy) is 1. The van der Waals surface area contributed by atoms with E-state index in [9.17, 15) is 0 Å². The van der Waals surface area contributed by atoms with Crippen molar-refractivity contribution in [1.82, 2.24) is 10.3 Å². The van der Waals surface area contributed by atoms with Crippen LogP contribution in [0.2, 0.25) is 0 Å². The monoisotopic (exact) mass is 220 g/mol. The summed E-state index contributed by atoms with van der Waals surface area (Å²) in [5.74, 6) is 1.73. The number of hydrogen-bond acceptors (Lipinski definition) is 3. The average molecular weight is 220 g/mol. The molecule has 0 radical (unpaired) electrons. The molecule has 0 unspecified atom stereocenters. The lowest BCUT2D eigenvalue weighted by Crippen LogP contribution is -2.15. The van der Waals surface area contributed by atoms with Crippen molar-refractivity contribution in [2.24, 2.45) is 5.92 Å². The molecule has 0 saturated heterocycles. The van der Waals surface area contributed by atoms with E-state index in [4.69, 9.17) is 4.74 Å². The maximum Gasteiger partial charge on any atom is 0.213 e. The Balaban J connectivity index is 1.63. The van der Waals surface area contributed by atoms with E-state index in [0.717, 1.165) is 24.7 Å². The maximum absolute atomic E-state index is 5.08. The topological polar surface area (TPSA) is 34.1 Å². The molecule has 2 rings (SSSR count). The SMILES string of the molecule is COc1cccc(CNCCCC2CC2)n1. The molecule has 0 aliphatic heterocycles. The van der Waals surface area contributed by atoms with Crippen molar-refractivity contribution in [2.75, 3.05) is 13.7 Å². The van der Waals surface area contributed by atoms with E-state index in [-0.39, 0.29) is 0 Å². The van der Waals surface area contributed by atoms with E-state index in [0.29, 0.717) is 5.88 Å². The standard InChI is InChI=1S/C13H20N2O/c1-16-13-6-2-5-12(15-13)10-14-9-3-4-11-7-8-11/h2,5-6,11,14H,3-4,7-10H2,1H3. The molecule has 1 saturated carbocycles. The third-order valence-corrected chi connectivity index (χ3v) is 2.96. The van der Waals surface area contributed by atoms with E-state index < -0.39 is 0 Å². The van der Waals surface area contributed by atoms with E-state index in [1.807, 2.05) is 18.2 Å². The molecule has 0 amide bonds. The Kier molecular flexibility index (Phi) is 4.17. The zero-order valence-electron chi connectivity index (χ0n) is 9.91. The number of methoxy groups -OCH3 is 1. The van der Waals surface area contributed by atoms with Gasteiger partial charge in [0.2, 0.25) is 5.88 Å². The van der Waals surface area contributed by atoms with Crippen LogP contribution >= 0.6 is 0 Å². The Hall–Kier alpha value is -1.09. The Morgan fingerprint density at radius 2 is 2.31 bits per heavy atom. The van der Waals surface area contributed by atoms with Crippen LogP contribution in [-0.2, 0) is 6.54 Å². The molecule has 3 heteroatoms. The van der Waals surface area contributed by atoms with Crippen LogP contribution in [0.4, 0.5) is 0 Å². The highest BCUT2D eigenvalue weighted by Crippen LogP contribution is 2.33. The first-order valence-electron chi connectivity index (χ1n) is 6.09. The summed E-state index contributed by atoms with van der Waals surface area (Å²) in [4.78, 5) is 4.35. The van der Waals surface area contributed by atoms with Gasteiger partial charge in [-0.2, -0.15) is 0 Å². The highest BCUT2D eigenvalue weighted by molar-refractivity contribution is 5.15. The van der Waals surface area contributed by atoms with Crippen LogP contribution in [0, 0.1) is 5.92 Å². The van der Waals surface area contributed by atoms with Gasteiger partial charge in [-0.05, 0) is 31.4 Å². The molecule has 1 aromatic rings. The highest BCUT2D eigenvalue weighted by atomic mass is 16.5. The van der Waals surface area contributed by atoms with Gasteiger partial charge in [-0.3, -0.25) is 0 Å². The molecule has 0 aromatic carbocycles. The van der Waals surface area contributed by atoms with Gasteiger partial charge < -0.3 is 10.1 Å². The zero-order chi connectivity index (χ0) is 11.2. The van der Waals surface area contributed by atoms with Crippen LogP contribution in [-0.4, -0.2) is 18.6 Å². The summed E-state index contributed by atoms with van der Waals surface area (Å²) in [7, 11) is 1.65. The van der Waals surface area contributed by atoms with E-state index in [2.05, 4.69) is 10.3 Å². The van der Waals surface area contributed by atoms with Crippen molar-refractivity contribution in [1.29, 1.82) is 0 Å². The molecular formula is C13H20N2O. The molecule has 0 atom stereocenters. The Labute approximate surface area is 97.2 Å². The number of nitrogens with one attached hydrogen (secondary N) is 1. The largest absolute Gasteiger partial charge is 0.481 e. The number of nitrogens with zero attached hydrogens (tertiary/aromatic N) is 1. The summed E-state index contributed by atoms with van der Waals surface area (Å²) in [6.45, 7) is 1.93. The molecule has 3 nitrogen and oxygen atoms in total. The molecule has 0 spiro atoms. The van der Waals surface area contributed by atoms with Crippen LogP contribution in [0.5, 0.6) is 5.88 Å². The minimum atomic E-state index is 0.692. The minimum Gasteiger partial charge on any atom is -0.481 e. The second-order valence-corrected chi connectivity index (χ2v) is 4.43. The number of pyridine rings is 1. The summed E-state index contributed by atoms with van der Waals surface area (Å²) in [5.41, 5.74) is 1.05. The quantitative estimate of drug-likeness (QED) is 0.716. The van der Waals surface area contributed by atoms with Crippen LogP contribution in [0.25, 0.3) is 0 Å². The van der Waals surface area contributed by atoms with Gasteiger partial charge in [0, 0.05) is 12.6 Å². The Morgan fingerprint density at radius 3 is 3.06 bits per heavy atom. The van der Waals surface area contributed by atoms with Gasteiger partial charge in [0.05, 0.1) is 12.8 Å². The highest BCUT2D eigenvalue weighted by Gasteiger charge is 2.19. The minimum absolute atomic E-state index is 0.692. The molecule has 1 aliphatic rings. The van der Waals surface area contributed by atoms with Crippen LogP contribution in [0.15, 0.2) is 18.2 Å². The van der Waals surface area contributed by atoms with Gasteiger partial charge in [0.1, 0.15) is 0 Å². The van der Waals surface area contributed by atoms with Gasteiger partial charge in [0.25, 0.3) is 0 Å². The molecule has 1 aromatic heterocycles. The lowest BCUT2D eigenvalue weighted by molar-refractivity contribution is 0.395. The van der Waals surface area contributed by atoms with Crippen molar-refractivity contribution in [2.45, 2.75) is 32.2 Å². The number of hydrogen-bond donors (Lipinski definition) is 1. The predicted molar refractivity (Wildman–Crippen MR) is 64.5 cm³/mol. The lowest BCUT2D eigenvalue weighted by Gasteiger charge is -2.05. The molecule has 1 N–H and O–H groups in total. The maximum atomic E-state index is 5.08. The van der Waals surface area contributed by atoms with Crippen molar-refractivity contribution in [3.05, 3.63) is 23.9 Å². The van der Waals surface area contributed by atoms with Crippen LogP contribution < -0.4 is 10.1 Å². The molecule has 88 valence electrons. The van der Waals surface area contributed by atoms with Gasteiger partial charge in [-0.25, -0.2) is 4.98 Å². The first-order chi connectivity index (χ1) is 7.88. The fourth-order valence-corrected chi connectivity index (χ4v) is 1.81. The smallest absolute Gasteiger partial charge is 0.213 e. The van der Waals surface area contributed by atoms with E-state index in [1.54, 1.807) is 7.11 Å². The summed E-state index contributed by atoms with van der Waals surface area (Å²) in [6.07, 6.45) is 5.59. The third-order valence-electron chi connectivity index (χ3n) is 2.96. The average Bonchev–Trinajstić information content (AvgIpc) is 3.13. The second-order valence-electron chi connectivity index (χ2n) is 4.43. The first-order valence-corrected chi connectivity index (χ1v) is 6.09. The molecule has 1 aliphatic carbocycles.